The lowest BCUT2D eigenvalue weighted by atomic mass is 9.82. The number of nitrogens with zero attached hydrogens (tertiary/aromatic N) is 4. The molecule has 0 radical (unpaired) electrons. The summed E-state index contributed by atoms with van der Waals surface area (Å²) in [5.41, 5.74) is 0.871. The number of carbonyl (C=O) groups excluding carboxylic acids is 1. The summed E-state index contributed by atoms with van der Waals surface area (Å²) >= 11 is -1.06. The van der Waals surface area contributed by atoms with E-state index < -0.39 is 11.2 Å². The first-order chi connectivity index (χ1) is 14.5. The molecule has 3 fully saturated rings. The van der Waals surface area contributed by atoms with Crippen LogP contribution in [0.1, 0.15) is 31.4 Å². The molecule has 2 saturated heterocycles. The van der Waals surface area contributed by atoms with E-state index in [2.05, 4.69) is 4.90 Å². The van der Waals surface area contributed by atoms with Gasteiger partial charge in [0.15, 0.2) is 5.82 Å². The molecule has 1 N–H and O–H groups in total. The first kappa shape index (κ1) is 20.3. The van der Waals surface area contributed by atoms with Gasteiger partial charge in [0, 0.05) is 32.7 Å². The highest BCUT2D eigenvalue weighted by atomic mass is 32.2. The summed E-state index contributed by atoms with van der Waals surface area (Å²) in [6.45, 7) is 2.58. The smallest absolute Gasteiger partial charge is 0.309 e. The van der Waals surface area contributed by atoms with Crippen LogP contribution in [0.2, 0.25) is 0 Å². The maximum Gasteiger partial charge on any atom is 0.309 e. The van der Waals surface area contributed by atoms with Crippen LogP contribution >= 0.6 is 0 Å². The highest BCUT2D eigenvalue weighted by Gasteiger charge is 2.40. The van der Waals surface area contributed by atoms with Gasteiger partial charge >= 0.3 is 5.97 Å². The lowest BCUT2D eigenvalue weighted by Gasteiger charge is -2.40. The van der Waals surface area contributed by atoms with Crippen molar-refractivity contribution in [1.29, 1.82) is 0 Å². The van der Waals surface area contributed by atoms with Gasteiger partial charge in [0.05, 0.1) is 25.1 Å². The first-order valence-corrected chi connectivity index (χ1v) is 12.0. The van der Waals surface area contributed by atoms with Gasteiger partial charge in [-0.1, -0.05) is 0 Å². The van der Waals surface area contributed by atoms with Gasteiger partial charge in [-0.3, -0.25) is 4.79 Å². The van der Waals surface area contributed by atoms with E-state index >= 15 is 0 Å². The molecule has 1 atom stereocenters. The van der Waals surface area contributed by atoms with Gasteiger partial charge in [-0.05, 0) is 36.9 Å². The second-order valence-electron chi connectivity index (χ2n) is 8.66. The van der Waals surface area contributed by atoms with Crippen molar-refractivity contribution < 1.29 is 23.9 Å². The molecule has 0 bridgehead atoms. The average Bonchev–Trinajstić information content (AvgIpc) is 3.08. The minimum Gasteiger partial charge on any atom is -0.611 e. The van der Waals surface area contributed by atoms with Crippen LogP contribution in [0.3, 0.4) is 0 Å². The molecule has 164 valence electrons. The van der Waals surface area contributed by atoms with Gasteiger partial charge in [0.25, 0.3) is 0 Å². The molecule has 5 rings (SSSR count). The monoisotopic (exact) mass is 436 g/mol. The third-order valence-corrected chi connectivity index (χ3v) is 8.04. The number of hydrogen-bond donors (Lipinski definition) is 1. The second kappa shape index (κ2) is 8.14. The fraction of sp³-hybridized carbons (Fsp3) is 0.750. The molecule has 0 aromatic carbocycles. The van der Waals surface area contributed by atoms with Crippen LogP contribution in [0.4, 0.5) is 11.8 Å². The summed E-state index contributed by atoms with van der Waals surface area (Å²) in [6, 6.07) is 0.311. The van der Waals surface area contributed by atoms with Crippen molar-refractivity contribution in [2.75, 3.05) is 48.9 Å². The Kier molecular flexibility index (Phi) is 5.51. The fourth-order valence-electron chi connectivity index (χ4n) is 4.51. The summed E-state index contributed by atoms with van der Waals surface area (Å²) in [7, 11) is 2.02. The molecule has 0 spiro atoms. The summed E-state index contributed by atoms with van der Waals surface area (Å²) in [5.74, 6) is 1.60. The molecule has 0 amide bonds. The van der Waals surface area contributed by atoms with Crippen LogP contribution < -0.4 is 9.80 Å². The Morgan fingerprint density at radius 3 is 2.73 bits per heavy atom. The van der Waals surface area contributed by atoms with E-state index in [9.17, 15) is 14.5 Å². The van der Waals surface area contributed by atoms with Crippen LogP contribution in [-0.4, -0.2) is 83.0 Å². The Bertz CT molecular complexity index is 809. The van der Waals surface area contributed by atoms with E-state index in [4.69, 9.17) is 19.4 Å². The highest BCUT2D eigenvalue weighted by Crippen LogP contribution is 2.36. The summed E-state index contributed by atoms with van der Waals surface area (Å²) < 4.78 is 23.7. The van der Waals surface area contributed by atoms with Gasteiger partial charge in [-0.15, -0.1) is 0 Å². The Morgan fingerprint density at radius 2 is 2.03 bits per heavy atom. The third-order valence-electron chi connectivity index (χ3n) is 6.59. The molecule has 10 heteroatoms. The molecule has 30 heavy (non-hydrogen) atoms. The molecule has 9 nitrogen and oxygen atoms in total. The normalized spacial score (nSPS) is 29.2. The molecule has 4 heterocycles. The van der Waals surface area contributed by atoms with Crippen LogP contribution in [-0.2, 0) is 31.9 Å². The van der Waals surface area contributed by atoms with Crippen LogP contribution in [0.15, 0.2) is 4.90 Å². The Balaban J connectivity index is 1.29. The van der Waals surface area contributed by atoms with Crippen molar-refractivity contribution in [2.45, 2.75) is 55.2 Å². The lowest BCUT2D eigenvalue weighted by Crippen LogP contribution is -2.55. The van der Waals surface area contributed by atoms with Gasteiger partial charge < -0.3 is 28.9 Å². The number of anilines is 2. The largest absolute Gasteiger partial charge is 0.611 e. The molecule has 1 aromatic heterocycles. The number of ether oxygens (including phenoxy) is 2. The van der Waals surface area contributed by atoms with Crippen LogP contribution in [0.5, 0.6) is 0 Å². The number of aromatic nitrogens is 2. The topological polar surface area (TPSA) is 111 Å². The first-order valence-electron chi connectivity index (χ1n) is 10.7. The van der Waals surface area contributed by atoms with Crippen LogP contribution in [0, 0.1) is 5.92 Å². The van der Waals surface area contributed by atoms with E-state index in [0.717, 1.165) is 42.5 Å². The molecule has 1 aliphatic carbocycles. The zero-order valence-electron chi connectivity index (χ0n) is 17.2. The van der Waals surface area contributed by atoms with Gasteiger partial charge in [-0.2, -0.15) is 4.98 Å². The minimum absolute atomic E-state index is 0.167. The highest BCUT2D eigenvalue weighted by molar-refractivity contribution is 7.91. The summed E-state index contributed by atoms with van der Waals surface area (Å²) in [5, 5.41) is 9.36. The van der Waals surface area contributed by atoms with E-state index in [-0.39, 0.29) is 24.1 Å². The Morgan fingerprint density at radius 1 is 1.30 bits per heavy atom. The van der Waals surface area contributed by atoms with Crippen molar-refractivity contribution in [3.63, 3.8) is 0 Å². The third kappa shape index (κ3) is 3.74. The molecule has 1 unspecified atom stereocenters. The number of aliphatic hydroxyl groups is 1. The number of esters is 1. The molecular weight excluding hydrogens is 408 g/mol. The Labute approximate surface area is 178 Å². The standard InChI is InChI=1S/C20H28N4O5S/c1-23(13-2-5-28-6-3-13)18-17-16(4-7-30(17)27)21-20(22-18)24-10-15(11-24)29-19(26)12-8-14(25)9-12/h12-15,25H,2-11H2,1H3/t12-,14+,30?. The van der Waals surface area contributed by atoms with Crippen molar-refractivity contribution in [3.8, 4) is 0 Å². The predicted molar refractivity (Wildman–Crippen MR) is 110 cm³/mol. The van der Waals surface area contributed by atoms with Gasteiger partial charge in [-0.25, -0.2) is 4.98 Å². The fourth-order valence-corrected chi connectivity index (χ4v) is 5.89. The number of aliphatic hydroxyl groups excluding tert-OH is 1. The van der Waals surface area contributed by atoms with Crippen molar-refractivity contribution in [3.05, 3.63) is 5.69 Å². The van der Waals surface area contributed by atoms with E-state index in [1.807, 2.05) is 11.9 Å². The maximum absolute atomic E-state index is 12.6. The molecule has 1 aromatic rings. The number of aryl methyl sites for hydroxylation is 1. The number of hydrogen-bond acceptors (Lipinski definition) is 9. The average molecular weight is 437 g/mol. The molecular formula is C20H28N4O5S. The van der Waals surface area contributed by atoms with Gasteiger partial charge in [0.1, 0.15) is 17.6 Å². The summed E-state index contributed by atoms with van der Waals surface area (Å²) in [4.78, 5) is 26.5. The number of carbonyl (C=O) groups is 1. The SMILES string of the molecule is CN(c1nc(N2CC(OC(=O)[C@H]3C[C@@H](O)C3)C2)nc2c1[S+]([O-])CC2)C1CCOCC1. The van der Waals surface area contributed by atoms with E-state index in [1.54, 1.807) is 0 Å². The van der Waals surface area contributed by atoms with Crippen molar-refractivity contribution >= 4 is 28.9 Å². The second-order valence-corrected chi connectivity index (χ2v) is 10.2. The zero-order chi connectivity index (χ0) is 20.8. The van der Waals surface area contributed by atoms with Gasteiger partial charge in [0.2, 0.25) is 10.8 Å². The minimum atomic E-state index is -1.06. The quantitative estimate of drug-likeness (QED) is 0.513. The maximum atomic E-state index is 12.6. The predicted octanol–water partition coefficient (Wildman–Crippen LogP) is 0.258. The molecule has 1 saturated carbocycles. The zero-order valence-corrected chi connectivity index (χ0v) is 18.0. The van der Waals surface area contributed by atoms with Crippen molar-refractivity contribution in [1.82, 2.24) is 9.97 Å². The van der Waals surface area contributed by atoms with E-state index in [0.29, 0.717) is 50.1 Å². The number of fused-ring (bicyclic) bond motifs is 1. The Hall–Kier alpha value is -1.62. The molecule has 4 aliphatic rings. The summed E-state index contributed by atoms with van der Waals surface area (Å²) in [6.07, 6.45) is 3.02. The number of rotatable bonds is 5. The van der Waals surface area contributed by atoms with Crippen molar-refractivity contribution in [2.24, 2.45) is 5.92 Å². The van der Waals surface area contributed by atoms with Crippen LogP contribution in [0.25, 0.3) is 0 Å². The van der Waals surface area contributed by atoms with E-state index in [1.165, 1.54) is 0 Å². The molecule has 3 aliphatic heterocycles. The lowest BCUT2D eigenvalue weighted by molar-refractivity contribution is -0.162.